The highest BCUT2D eigenvalue weighted by Crippen LogP contribution is 2.32. The fourth-order valence-corrected chi connectivity index (χ4v) is 4.62. The van der Waals surface area contributed by atoms with Gasteiger partial charge in [-0.05, 0) is 37.0 Å². The first-order valence-corrected chi connectivity index (χ1v) is 9.02. The van der Waals surface area contributed by atoms with E-state index in [4.69, 9.17) is 4.74 Å². The lowest BCUT2D eigenvalue weighted by molar-refractivity contribution is 0.0410. The second kappa shape index (κ2) is 6.09. The van der Waals surface area contributed by atoms with Crippen molar-refractivity contribution in [3.05, 3.63) is 23.9 Å². The van der Waals surface area contributed by atoms with E-state index in [0.717, 1.165) is 22.4 Å². The van der Waals surface area contributed by atoms with E-state index in [2.05, 4.69) is 14.6 Å². The summed E-state index contributed by atoms with van der Waals surface area (Å²) in [7, 11) is 1.64. The van der Waals surface area contributed by atoms with Gasteiger partial charge >= 0.3 is 0 Å². The molecular formula is C17H21N3O2S. The van der Waals surface area contributed by atoms with Gasteiger partial charge < -0.3 is 10.1 Å². The molecule has 5 nitrogen and oxygen atoms in total. The molecule has 1 aromatic carbocycles. The molecule has 0 radical (unpaired) electrons. The number of fused-ring (bicyclic) bond motifs is 2. The summed E-state index contributed by atoms with van der Waals surface area (Å²) >= 11 is 1.33. The van der Waals surface area contributed by atoms with Crippen LogP contribution in [-0.2, 0) is 0 Å². The first-order chi connectivity index (χ1) is 11.3. The Hall–Kier alpha value is -1.66. The summed E-state index contributed by atoms with van der Waals surface area (Å²) in [4.78, 5) is 15.2. The van der Waals surface area contributed by atoms with E-state index < -0.39 is 0 Å². The highest BCUT2D eigenvalue weighted by Gasteiger charge is 2.40. The highest BCUT2D eigenvalue weighted by atomic mass is 32.1. The number of carbonyl (C=O) groups excluding carboxylic acids is 1. The molecule has 1 aromatic heterocycles. The molecule has 2 aromatic rings. The standard InChI is InChI=1S/C17H21N3O2S/c1-22-14-8-5-6-11-15(19-23-16(11)14)17(21)18-12-10-20-9-4-2-3-7-13(12)20/h5-6,8,12-13H,2-4,7,9-10H2,1H3,(H,18,21)/t12-,13?/m1/s1. The number of carbonyl (C=O) groups is 1. The number of nitrogens with one attached hydrogen (secondary N) is 1. The number of hydrogen-bond donors (Lipinski definition) is 1. The molecule has 0 bridgehead atoms. The van der Waals surface area contributed by atoms with Crippen molar-refractivity contribution in [2.75, 3.05) is 20.2 Å². The molecule has 2 saturated heterocycles. The van der Waals surface area contributed by atoms with Crippen molar-refractivity contribution >= 4 is 27.5 Å². The van der Waals surface area contributed by atoms with Crippen LogP contribution in [0.4, 0.5) is 0 Å². The van der Waals surface area contributed by atoms with Crippen LogP contribution in [0.1, 0.15) is 36.2 Å². The fraction of sp³-hybridized carbons (Fsp3) is 0.529. The van der Waals surface area contributed by atoms with Crippen LogP contribution in [-0.4, -0.2) is 47.5 Å². The molecule has 23 heavy (non-hydrogen) atoms. The van der Waals surface area contributed by atoms with Crippen LogP contribution in [0.5, 0.6) is 5.75 Å². The maximum atomic E-state index is 12.7. The van der Waals surface area contributed by atoms with Crippen LogP contribution in [0.2, 0.25) is 0 Å². The monoisotopic (exact) mass is 331 g/mol. The van der Waals surface area contributed by atoms with Gasteiger partial charge in [0.2, 0.25) is 0 Å². The molecule has 122 valence electrons. The maximum absolute atomic E-state index is 12.7. The summed E-state index contributed by atoms with van der Waals surface area (Å²) in [5.74, 6) is 0.719. The predicted octanol–water partition coefficient (Wildman–Crippen LogP) is 2.66. The molecule has 4 rings (SSSR count). The molecular weight excluding hydrogens is 310 g/mol. The topological polar surface area (TPSA) is 54.5 Å². The van der Waals surface area contributed by atoms with Crippen LogP contribution >= 0.6 is 11.5 Å². The maximum Gasteiger partial charge on any atom is 0.271 e. The number of aromatic nitrogens is 1. The Kier molecular flexibility index (Phi) is 3.95. The minimum absolute atomic E-state index is 0.0570. The van der Waals surface area contributed by atoms with Crippen LogP contribution in [0.3, 0.4) is 0 Å². The predicted molar refractivity (Wildman–Crippen MR) is 91.3 cm³/mol. The lowest BCUT2D eigenvalue weighted by atomic mass is 9.93. The average Bonchev–Trinajstić information content (AvgIpc) is 2.90. The third kappa shape index (κ3) is 2.60. The van der Waals surface area contributed by atoms with Crippen molar-refractivity contribution in [2.24, 2.45) is 0 Å². The van der Waals surface area contributed by atoms with E-state index >= 15 is 0 Å². The Labute approximate surface area is 139 Å². The summed E-state index contributed by atoms with van der Waals surface area (Å²) in [6.07, 6.45) is 5.05. The molecule has 3 heterocycles. The Morgan fingerprint density at radius 1 is 1.39 bits per heavy atom. The van der Waals surface area contributed by atoms with Gasteiger partial charge in [0, 0.05) is 18.0 Å². The third-order valence-corrected chi connectivity index (χ3v) is 5.90. The van der Waals surface area contributed by atoms with E-state index in [9.17, 15) is 4.79 Å². The molecule has 2 aliphatic heterocycles. The molecule has 2 aliphatic rings. The summed E-state index contributed by atoms with van der Waals surface area (Å²) < 4.78 is 10.7. The van der Waals surface area contributed by atoms with Gasteiger partial charge in [-0.2, -0.15) is 4.37 Å². The number of benzene rings is 1. The second-order valence-corrected chi connectivity index (χ2v) is 7.13. The molecule has 2 atom stereocenters. The number of nitrogens with zero attached hydrogens (tertiary/aromatic N) is 2. The average molecular weight is 331 g/mol. The van der Waals surface area contributed by atoms with E-state index in [1.165, 1.54) is 43.8 Å². The Morgan fingerprint density at radius 3 is 3.17 bits per heavy atom. The first-order valence-electron chi connectivity index (χ1n) is 8.25. The molecule has 1 unspecified atom stereocenters. The molecule has 0 aliphatic carbocycles. The van der Waals surface area contributed by atoms with Crippen molar-refractivity contribution in [3.63, 3.8) is 0 Å². The lowest BCUT2D eigenvalue weighted by Crippen LogP contribution is -2.66. The quantitative estimate of drug-likeness (QED) is 0.939. The van der Waals surface area contributed by atoms with Gasteiger partial charge in [-0.1, -0.05) is 25.0 Å². The van der Waals surface area contributed by atoms with E-state index in [-0.39, 0.29) is 11.9 Å². The molecule has 2 fully saturated rings. The minimum Gasteiger partial charge on any atom is -0.495 e. The second-order valence-electron chi connectivity index (χ2n) is 6.36. The SMILES string of the molecule is COc1cccc2c(C(=O)N[C@@H]3CN4CCCCCC34)nsc12. The van der Waals surface area contributed by atoms with E-state index in [1.54, 1.807) is 7.11 Å². The largest absolute Gasteiger partial charge is 0.495 e. The zero-order valence-corrected chi connectivity index (χ0v) is 14.1. The summed E-state index contributed by atoms with van der Waals surface area (Å²) in [6.45, 7) is 2.15. The smallest absolute Gasteiger partial charge is 0.271 e. The lowest BCUT2D eigenvalue weighted by Gasteiger charge is -2.47. The van der Waals surface area contributed by atoms with Gasteiger partial charge in [-0.15, -0.1) is 0 Å². The normalized spacial score (nSPS) is 24.6. The molecule has 0 saturated carbocycles. The van der Waals surface area contributed by atoms with Gasteiger partial charge in [0.15, 0.2) is 0 Å². The van der Waals surface area contributed by atoms with Crippen molar-refractivity contribution in [1.29, 1.82) is 0 Å². The van der Waals surface area contributed by atoms with Crippen LogP contribution in [0.15, 0.2) is 18.2 Å². The van der Waals surface area contributed by atoms with E-state index in [1.807, 2.05) is 18.2 Å². The zero-order valence-electron chi connectivity index (χ0n) is 13.2. The highest BCUT2D eigenvalue weighted by molar-refractivity contribution is 7.14. The molecule has 1 N–H and O–H groups in total. The summed E-state index contributed by atoms with van der Waals surface area (Å²) in [5, 5.41) is 4.08. The van der Waals surface area contributed by atoms with E-state index in [0.29, 0.717) is 11.7 Å². The summed E-state index contributed by atoms with van der Waals surface area (Å²) in [5.41, 5.74) is 0.524. The number of ether oxygens (including phenoxy) is 1. The molecule has 6 heteroatoms. The first kappa shape index (κ1) is 14.9. The van der Waals surface area contributed by atoms with Crippen LogP contribution < -0.4 is 10.1 Å². The summed E-state index contributed by atoms with van der Waals surface area (Å²) in [6, 6.07) is 6.53. The van der Waals surface area contributed by atoms with Gasteiger partial charge in [0.05, 0.1) is 17.9 Å². The van der Waals surface area contributed by atoms with Gasteiger partial charge in [-0.25, -0.2) is 0 Å². The number of methoxy groups -OCH3 is 1. The zero-order chi connectivity index (χ0) is 15.8. The van der Waals surface area contributed by atoms with Gasteiger partial charge in [-0.3, -0.25) is 9.69 Å². The van der Waals surface area contributed by atoms with Crippen molar-refractivity contribution in [2.45, 2.75) is 37.8 Å². The number of hydrogen-bond acceptors (Lipinski definition) is 5. The molecule has 1 amide bonds. The van der Waals surface area contributed by atoms with Gasteiger partial charge in [0.1, 0.15) is 11.4 Å². The number of rotatable bonds is 3. The third-order valence-electron chi connectivity index (χ3n) is 5.02. The Balaban J connectivity index is 1.52. The molecule has 0 spiro atoms. The minimum atomic E-state index is -0.0570. The van der Waals surface area contributed by atoms with Crippen molar-refractivity contribution < 1.29 is 9.53 Å². The van der Waals surface area contributed by atoms with Crippen LogP contribution in [0, 0.1) is 0 Å². The van der Waals surface area contributed by atoms with Crippen molar-refractivity contribution in [1.82, 2.24) is 14.6 Å². The van der Waals surface area contributed by atoms with Crippen LogP contribution in [0.25, 0.3) is 10.1 Å². The van der Waals surface area contributed by atoms with Crippen molar-refractivity contribution in [3.8, 4) is 5.75 Å². The number of amides is 1. The van der Waals surface area contributed by atoms with Gasteiger partial charge in [0.25, 0.3) is 5.91 Å². The fourth-order valence-electron chi connectivity index (χ4n) is 3.75. The Morgan fingerprint density at radius 2 is 2.30 bits per heavy atom. The Bertz CT molecular complexity index is 730.